The fourth-order valence-electron chi connectivity index (χ4n) is 5.18. The van der Waals surface area contributed by atoms with E-state index in [1.807, 2.05) is 56.3 Å². The maximum atomic E-state index is 13.7. The molecule has 0 fully saturated rings. The Morgan fingerprint density at radius 2 is 1.53 bits per heavy atom. The number of aliphatic hydroxyl groups is 1. The van der Waals surface area contributed by atoms with E-state index in [0.29, 0.717) is 12.1 Å². The number of para-hydroxylation sites is 1. The van der Waals surface area contributed by atoms with Gasteiger partial charge in [0.2, 0.25) is 11.8 Å². The number of hydrogen-bond acceptors (Lipinski definition) is 9. The van der Waals surface area contributed by atoms with Crippen LogP contribution < -0.4 is 27.1 Å². The maximum Gasteiger partial charge on any atom is 0.407 e. The van der Waals surface area contributed by atoms with Crippen LogP contribution >= 0.6 is 0 Å². The molecule has 3 aromatic rings. The number of methoxy groups -OCH3 is 1. The van der Waals surface area contributed by atoms with Crippen LogP contribution in [0.1, 0.15) is 50.2 Å². The molecule has 5 amide bonds. The Morgan fingerprint density at radius 3 is 2.16 bits per heavy atom. The summed E-state index contributed by atoms with van der Waals surface area (Å²) in [6.45, 7) is 7.62. The second-order valence-corrected chi connectivity index (χ2v) is 12.6. The highest BCUT2D eigenvalue weighted by molar-refractivity contribution is 5.99. The summed E-state index contributed by atoms with van der Waals surface area (Å²) < 4.78 is 4.67. The van der Waals surface area contributed by atoms with Crippen LogP contribution in [-0.2, 0) is 25.5 Å². The van der Waals surface area contributed by atoms with Crippen molar-refractivity contribution in [1.29, 1.82) is 0 Å². The minimum Gasteiger partial charge on any atom is -0.453 e. The van der Waals surface area contributed by atoms with Crippen LogP contribution in [-0.4, -0.2) is 89.3 Å². The lowest BCUT2D eigenvalue weighted by Gasteiger charge is -2.33. The number of carbonyl (C=O) groups is 5. The van der Waals surface area contributed by atoms with Gasteiger partial charge < -0.3 is 31.5 Å². The minimum atomic E-state index is -1.37. The van der Waals surface area contributed by atoms with Gasteiger partial charge in [-0.05, 0) is 36.0 Å². The lowest BCUT2D eigenvalue weighted by Crippen LogP contribution is -2.59. The van der Waals surface area contributed by atoms with E-state index in [9.17, 15) is 29.1 Å². The van der Waals surface area contributed by atoms with Crippen LogP contribution in [0.2, 0.25) is 0 Å². The third-order valence-corrected chi connectivity index (χ3v) is 7.62. The first kappa shape index (κ1) is 38.4. The molecule has 7 N–H and O–H groups in total. The maximum absolute atomic E-state index is 13.7. The SMILES string of the molecule is COC(=O)NC(C(=O)NN(CC(C)C)C[C@H](O)[C@H](Cc1ccccc1)NC(=O)[C@H](CC(N)=O)NC(=O)c1ccc2ccccc2n1)C(C)C. The Hall–Kier alpha value is -5.08. The standard InChI is InChI=1S/C35H47N7O7/c1-21(2)19-42(41-34(47)31(22(3)4)40-35(48)49-5)20-29(43)27(17-23-11-7-6-8-12-23)38-33(46)28(18-30(36)44)39-32(45)26-16-15-24-13-9-10-14-25(24)37-26/h6-16,21-22,27-29,31,43H,17-20H2,1-5H3,(H2,36,44)(H,38,46)(H,39,45)(H,40,48)(H,41,47)/t27-,28-,29-,31?/m0/s1. The molecule has 0 aliphatic carbocycles. The Bertz CT molecular complexity index is 1580. The normalized spacial score (nSPS) is 13.7. The molecule has 0 aliphatic heterocycles. The summed E-state index contributed by atoms with van der Waals surface area (Å²) in [5, 5.41) is 21.8. The summed E-state index contributed by atoms with van der Waals surface area (Å²) in [6.07, 6.45) is -2.33. The van der Waals surface area contributed by atoms with Crippen molar-refractivity contribution in [3.05, 3.63) is 78.0 Å². The summed E-state index contributed by atoms with van der Waals surface area (Å²) in [5.74, 6) is -2.98. The number of nitrogens with two attached hydrogens (primary N) is 1. The van der Waals surface area contributed by atoms with E-state index in [4.69, 9.17) is 5.73 Å². The molecule has 264 valence electrons. The molecule has 14 nitrogen and oxygen atoms in total. The van der Waals surface area contributed by atoms with Crippen molar-refractivity contribution < 1.29 is 33.8 Å². The molecule has 0 saturated carbocycles. The lowest BCUT2D eigenvalue weighted by atomic mass is 9.99. The number of aromatic nitrogens is 1. The number of nitrogens with zero attached hydrogens (tertiary/aromatic N) is 2. The predicted molar refractivity (Wildman–Crippen MR) is 184 cm³/mol. The molecule has 0 radical (unpaired) electrons. The highest BCUT2D eigenvalue weighted by Crippen LogP contribution is 2.13. The molecule has 1 aromatic heterocycles. The Kier molecular flexibility index (Phi) is 14.5. The molecule has 1 unspecified atom stereocenters. The van der Waals surface area contributed by atoms with Crippen LogP contribution in [0, 0.1) is 11.8 Å². The van der Waals surface area contributed by atoms with Gasteiger partial charge >= 0.3 is 6.09 Å². The number of alkyl carbamates (subject to hydrolysis) is 1. The van der Waals surface area contributed by atoms with Crippen LogP contribution in [0.15, 0.2) is 66.7 Å². The highest BCUT2D eigenvalue weighted by Gasteiger charge is 2.32. The number of fused-ring (bicyclic) bond motifs is 1. The van der Waals surface area contributed by atoms with E-state index in [-0.39, 0.29) is 30.5 Å². The van der Waals surface area contributed by atoms with Gasteiger partial charge in [-0.2, -0.15) is 0 Å². The largest absolute Gasteiger partial charge is 0.453 e. The first-order valence-electron chi connectivity index (χ1n) is 16.1. The van der Waals surface area contributed by atoms with Gasteiger partial charge in [-0.25, -0.2) is 14.8 Å². The summed E-state index contributed by atoms with van der Waals surface area (Å²) in [4.78, 5) is 68.4. The van der Waals surface area contributed by atoms with Crippen molar-refractivity contribution in [3.8, 4) is 0 Å². The van der Waals surface area contributed by atoms with E-state index >= 15 is 0 Å². The summed E-state index contributed by atoms with van der Waals surface area (Å²) in [7, 11) is 1.20. The smallest absolute Gasteiger partial charge is 0.407 e. The zero-order chi connectivity index (χ0) is 36.1. The molecule has 14 heteroatoms. The second-order valence-electron chi connectivity index (χ2n) is 12.6. The van der Waals surface area contributed by atoms with Gasteiger partial charge in [-0.3, -0.25) is 24.6 Å². The molecule has 2 aromatic carbocycles. The average Bonchev–Trinajstić information content (AvgIpc) is 3.05. The van der Waals surface area contributed by atoms with E-state index in [1.165, 1.54) is 18.2 Å². The predicted octanol–water partition coefficient (Wildman–Crippen LogP) is 1.67. The van der Waals surface area contributed by atoms with Crippen molar-refractivity contribution in [2.24, 2.45) is 17.6 Å². The zero-order valence-electron chi connectivity index (χ0n) is 28.5. The van der Waals surface area contributed by atoms with Crippen LogP contribution in [0.3, 0.4) is 0 Å². The molecular formula is C35H47N7O7. The Balaban J connectivity index is 1.83. The van der Waals surface area contributed by atoms with Gasteiger partial charge in [0.05, 0.1) is 31.2 Å². The molecule has 0 aliphatic rings. The number of primary amides is 1. The van der Waals surface area contributed by atoms with Crippen LogP contribution in [0.25, 0.3) is 10.9 Å². The fraction of sp³-hybridized carbons (Fsp3) is 0.429. The van der Waals surface area contributed by atoms with Crippen molar-refractivity contribution in [3.63, 3.8) is 0 Å². The number of rotatable bonds is 17. The number of carbonyl (C=O) groups excluding carboxylic acids is 5. The van der Waals surface area contributed by atoms with E-state index in [2.05, 4.69) is 31.1 Å². The second kappa shape index (κ2) is 18.5. The summed E-state index contributed by atoms with van der Waals surface area (Å²) in [5.41, 5.74) is 9.68. The fourth-order valence-corrected chi connectivity index (χ4v) is 5.18. The number of hydrazine groups is 1. The quantitative estimate of drug-likeness (QED) is 0.115. The molecule has 0 saturated heterocycles. The molecule has 1 heterocycles. The first-order valence-corrected chi connectivity index (χ1v) is 16.1. The van der Waals surface area contributed by atoms with Crippen molar-refractivity contribution >= 4 is 40.6 Å². The number of aliphatic hydroxyl groups excluding tert-OH is 1. The first-order chi connectivity index (χ1) is 23.3. The van der Waals surface area contributed by atoms with E-state index < -0.39 is 60.4 Å². The monoisotopic (exact) mass is 677 g/mol. The number of amides is 5. The topological polar surface area (TPSA) is 205 Å². The van der Waals surface area contributed by atoms with Gasteiger partial charge in [0, 0.05) is 18.5 Å². The Labute approximate surface area is 286 Å². The van der Waals surface area contributed by atoms with Crippen LogP contribution in [0.5, 0.6) is 0 Å². The van der Waals surface area contributed by atoms with Crippen molar-refractivity contribution in [2.75, 3.05) is 20.2 Å². The number of hydrogen-bond donors (Lipinski definition) is 6. The average molecular weight is 678 g/mol. The van der Waals surface area contributed by atoms with E-state index in [1.54, 1.807) is 32.0 Å². The lowest BCUT2D eigenvalue weighted by molar-refractivity contribution is -0.131. The zero-order valence-corrected chi connectivity index (χ0v) is 28.5. The van der Waals surface area contributed by atoms with Crippen molar-refractivity contribution in [1.82, 2.24) is 31.4 Å². The van der Waals surface area contributed by atoms with Gasteiger partial charge in [-0.1, -0.05) is 82.3 Å². The third-order valence-electron chi connectivity index (χ3n) is 7.62. The third kappa shape index (κ3) is 12.1. The molecule has 0 spiro atoms. The number of benzene rings is 2. The molecule has 3 rings (SSSR count). The molecule has 0 bridgehead atoms. The van der Waals surface area contributed by atoms with Gasteiger partial charge in [0.25, 0.3) is 11.8 Å². The van der Waals surface area contributed by atoms with Crippen LogP contribution in [0.4, 0.5) is 4.79 Å². The van der Waals surface area contributed by atoms with Gasteiger partial charge in [0.1, 0.15) is 17.8 Å². The molecule has 49 heavy (non-hydrogen) atoms. The summed E-state index contributed by atoms with van der Waals surface area (Å²) >= 11 is 0. The number of pyridine rings is 1. The number of nitrogens with one attached hydrogen (secondary N) is 4. The summed E-state index contributed by atoms with van der Waals surface area (Å²) in [6, 6.07) is 16.4. The minimum absolute atomic E-state index is 0.0447. The highest BCUT2D eigenvalue weighted by atomic mass is 16.5. The number of ether oxygens (including phenoxy) is 1. The van der Waals surface area contributed by atoms with Gasteiger partial charge in [0.15, 0.2) is 0 Å². The van der Waals surface area contributed by atoms with E-state index in [0.717, 1.165) is 10.9 Å². The Morgan fingerprint density at radius 1 is 0.857 bits per heavy atom. The molecular weight excluding hydrogens is 630 g/mol. The van der Waals surface area contributed by atoms with Gasteiger partial charge in [-0.15, -0.1) is 0 Å². The van der Waals surface area contributed by atoms with Crippen molar-refractivity contribution in [2.45, 2.75) is 64.8 Å². The molecule has 4 atom stereocenters.